The van der Waals surface area contributed by atoms with Crippen molar-refractivity contribution in [3.8, 4) is 0 Å². The zero-order valence-corrected chi connectivity index (χ0v) is 10.6. The molecule has 2 rings (SSSR count). The topological polar surface area (TPSA) is 29.3 Å². The Morgan fingerprint density at radius 1 is 1.53 bits per heavy atom. The highest BCUT2D eigenvalue weighted by Gasteiger charge is 2.25. The minimum absolute atomic E-state index is 0.0634. The van der Waals surface area contributed by atoms with E-state index in [4.69, 9.17) is 5.73 Å². The summed E-state index contributed by atoms with van der Waals surface area (Å²) in [5.74, 6) is -0.114. The van der Waals surface area contributed by atoms with Crippen LogP contribution in [-0.2, 0) is 6.42 Å². The molecule has 1 fully saturated rings. The van der Waals surface area contributed by atoms with Crippen LogP contribution >= 0.6 is 0 Å². The van der Waals surface area contributed by atoms with Gasteiger partial charge in [-0.25, -0.2) is 4.39 Å². The molecule has 3 heteroatoms. The van der Waals surface area contributed by atoms with Crippen LogP contribution in [0.2, 0.25) is 0 Å². The second-order valence-corrected chi connectivity index (χ2v) is 5.11. The Morgan fingerprint density at radius 3 is 2.88 bits per heavy atom. The van der Waals surface area contributed by atoms with E-state index in [1.807, 2.05) is 13.0 Å². The Morgan fingerprint density at radius 2 is 2.29 bits per heavy atom. The third-order valence-electron chi connectivity index (χ3n) is 3.45. The molecule has 94 valence electrons. The Kier molecular flexibility index (Phi) is 3.67. The number of anilines is 1. The minimum Gasteiger partial charge on any atom is -0.366 e. The summed E-state index contributed by atoms with van der Waals surface area (Å²) in [7, 11) is 0. The summed E-state index contributed by atoms with van der Waals surface area (Å²) >= 11 is 0. The zero-order valence-electron chi connectivity index (χ0n) is 10.6. The normalized spacial score (nSPS) is 21.9. The van der Waals surface area contributed by atoms with Gasteiger partial charge >= 0.3 is 0 Å². The van der Waals surface area contributed by atoms with Crippen molar-refractivity contribution in [3.05, 3.63) is 29.6 Å². The minimum atomic E-state index is -0.114. The molecule has 0 saturated carbocycles. The molecule has 2 atom stereocenters. The Bertz CT molecular complexity index is 390. The predicted octanol–water partition coefficient (Wildman–Crippen LogP) is 2.70. The fourth-order valence-corrected chi connectivity index (χ4v) is 2.66. The maximum Gasteiger partial charge on any atom is 0.146 e. The number of hydrogen-bond donors (Lipinski definition) is 1. The van der Waals surface area contributed by atoms with E-state index >= 15 is 0 Å². The van der Waals surface area contributed by atoms with Crippen LogP contribution in [0.25, 0.3) is 0 Å². The van der Waals surface area contributed by atoms with Crippen molar-refractivity contribution >= 4 is 5.69 Å². The molecule has 2 N–H and O–H groups in total. The summed E-state index contributed by atoms with van der Waals surface area (Å²) in [5.41, 5.74) is 7.64. The number of benzene rings is 1. The number of nitrogens with two attached hydrogens (primary N) is 1. The van der Waals surface area contributed by atoms with E-state index in [9.17, 15) is 4.39 Å². The van der Waals surface area contributed by atoms with Crippen molar-refractivity contribution in [2.24, 2.45) is 5.73 Å². The lowest BCUT2D eigenvalue weighted by atomic mass is 10.0. The van der Waals surface area contributed by atoms with Crippen molar-refractivity contribution in [1.29, 1.82) is 0 Å². The molecule has 0 spiro atoms. The molecule has 1 aliphatic heterocycles. The number of halogens is 1. The summed E-state index contributed by atoms with van der Waals surface area (Å²) in [6.07, 6.45) is 3.02. The summed E-state index contributed by atoms with van der Waals surface area (Å²) in [4.78, 5) is 2.19. The van der Waals surface area contributed by atoms with Crippen molar-refractivity contribution in [2.45, 2.75) is 45.2 Å². The second-order valence-electron chi connectivity index (χ2n) is 5.11. The van der Waals surface area contributed by atoms with E-state index in [-0.39, 0.29) is 11.9 Å². The van der Waals surface area contributed by atoms with E-state index in [0.29, 0.717) is 6.04 Å². The Labute approximate surface area is 103 Å². The lowest BCUT2D eigenvalue weighted by molar-refractivity contribution is 0.607. The van der Waals surface area contributed by atoms with Crippen LogP contribution in [0, 0.1) is 5.82 Å². The molecule has 17 heavy (non-hydrogen) atoms. The van der Waals surface area contributed by atoms with Crippen LogP contribution < -0.4 is 10.6 Å². The quantitative estimate of drug-likeness (QED) is 0.874. The van der Waals surface area contributed by atoms with E-state index < -0.39 is 0 Å². The number of para-hydroxylation sites is 1. The van der Waals surface area contributed by atoms with E-state index in [2.05, 4.69) is 11.8 Å². The van der Waals surface area contributed by atoms with Crippen molar-refractivity contribution in [1.82, 2.24) is 0 Å². The van der Waals surface area contributed by atoms with E-state index in [1.165, 1.54) is 0 Å². The first kappa shape index (κ1) is 12.4. The van der Waals surface area contributed by atoms with Gasteiger partial charge in [-0.1, -0.05) is 12.1 Å². The zero-order chi connectivity index (χ0) is 12.4. The fourth-order valence-electron chi connectivity index (χ4n) is 2.66. The SMILES string of the molecule is CC(N)Cc1cccc(F)c1N1CCCC1C. The molecule has 0 bridgehead atoms. The molecule has 1 aromatic rings. The molecule has 0 aliphatic carbocycles. The lowest BCUT2D eigenvalue weighted by Gasteiger charge is -2.27. The molecule has 0 aromatic heterocycles. The van der Waals surface area contributed by atoms with Gasteiger partial charge in [-0.3, -0.25) is 0 Å². The van der Waals surface area contributed by atoms with Crippen molar-refractivity contribution in [2.75, 3.05) is 11.4 Å². The standard InChI is InChI=1S/C14H21FN2/c1-10(16)9-12-6-3-7-13(15)14(12)17-8-4-5-11(17)2/h3,6-7,10-11H,4-5,8-9,16H2,1-2H3. The van der Waals surface area contributed by atoms with Crippen molar-refractivity contribution in [3.63, 3.8) is 0 Å². The van der Waals surface area contributed by atoms with E-state index in [0.717, 1.165) is 37.1 Å². The number of rotatable bonds is 3. The van der Waals surface area contributed by atoms with Crippen LogP contribution in [-0.4, -0.2) is 18.6 Å². The number of nitrogens with zero attached hydrogens (tertiary/aromatic N) is 1. The third kappa shape index (κ3) is 2.60. The van der Waals surface area contributed by atoms with Gasteiger partial charge in [0.2, 0.25) is 0 Å². The largest absolute Gasteiger partial charge is 0.366 e. The van der Waals surface area contributed by atoms with Gasteiger partial charge in [0.1, 0.15) is 5.82 Å². The maximum absolute atomic E-state index is 14.0. The van der Waals surface area contributed by atoms with Gasteiger partial charge in [0.05, 0.1) is 5.69 Å². The van der Waals surface area contributed by atoms with Crippen LogP contribution in [0.5, 0.6) is 0 Å². The molecule has 1 heterocycles. The highest BCUT2D eigenvalue weighted by molar-refractivity contribution is 5.56. The first-order chi connectivity index (χ1) is 8.09. The number of hydrogen-bond acceptors (Lipinski definition) is 2. The molecule has 1 saturated heterocycles. The summed E-state index contributed by atoms with van der Waals surface area (Å²) in [5, 5.41) is 0. The molecule has 1 aliphatic rings. The lowest BCUT2D eigenvalue weighted by Crippen LogP contribution is -2.29. The van der Waals surface area contributed by atoms with Gasteiger partial charge in [0.15, 0.2) is 0 Å². The van der Waals surface area contributed by atoms with Gasteiger partial charge < -0.3 is 10.6 Å². The highest BCUT2D eigenvalue weighted by Crippen LogP contribution is 2.31. The maximum atomic E-state index is 14.0. The fraction of sp³-hybridized carbons (Fsp3) is 0.571. The van der Waals surface area contributed by atoms with Crippen molar-refractivity contribution < 1.29 is 4.39 Å². The molecular weight excluding hydrogens is 215 g/mol. The van der Waals surface area contributed by atoms with Gasteiger partial charge in [-0.15, -0.1) is 0 Å². The van der Waals surface area contributed by atoms with Crippen LogP contribution in [0.1, 0.15) is 32.3 Å². The van der Waals surface area contributed by atoms with E-state index in [1.54, 1.807) is 12.1 Å². The smallest absolute Gasteiger partial charge is 0.146 e. The molecule has 0 radical (unpaired) electrons. The summed E-state index contributed by atoms with van der Waals surface area (Å²) < 4.78 is 14.0. The van der Waals surface area contributed by atoms with Crippen LogP contribution in [0.4, 0.5) is 10.1 Å². The monoisotopic (exact) mass is 236 g/mol. The average molecular weight is 236 g/mol. The van der Waals surface area contributed by atoms with Crippen LogP contribution in [0.15, 0.2) is 18.2 Å². The molecule has 2 unspecified atom stereocenters. The second kappa shape index (κ2) is 5.05. The molecule has 2 nitrogen and oxygen atoms in total. The molecular formula is C14H21FN2. The average Bonchev–Trinajstić information content (AvgIpc) is 2.64. The Hall–Kier alpha value is -1.09. The summed E-state index contributed by atoms with van der Waals surface area (Å²) in [6.45, 7) is 5.07. The van der Waals surface area contributed by atoms with Gasteiger partial charge in [0.25, 0.3) is 0 Å². The first-order valence-electron chi connectivity index (χ1n) is 6.39. The molecule has 0 amide bonds. The van der Waals surface area contributed by atoms with Crippen LogP contribution in [0.3, 0.4) is 0 Å². The van der Waals surface area contributed by atoms with Gasteiger partial charge in [0, 0.05) is 18.6 Å². The highest BCUT2D eigenvalue weighted by atomic mass is 19.1. The van der Waals surface area contributed by atoms with Gasteiger partial charge in [-0.05, 0) is 44.7 Å². The molecule has 1 aromatic carbocycles. The third-order valence-corrected chi connectivity index (χ3v) is 3.45. The van der Waals surface area contributed by atoms with Gasteiger partial charge in [-0.2, -0.15) is 0 Å². The summed E-state index contributed by atoms with van der Waals surface area (Å²) in [6, 6.07) is 5.81. The first-order valence-corrected chi connectivity index (χ1v) is 6.39. The Balaban J connectivity index is 2.36. The predicted molar refractivity (Wildman–Crippen MR) is 69.8 cm³/mol.